The number of hydrogen-bond acceptors (Lipinski definition) is 4. The Morgan fingerprint density at radius 2 is 2.00 bits per heavy atom. The Balaban J connectivity index is 2.61. The highest BCUT2D eigenvalue weighted by Gasteiger charge is 2.08. The number of rotatable bonds is 1. The minimum Gasteiger partial charge on any atom is -0.396 e. The average molecular weight is 196 g/mol. The van der Waals surface area contributed by atoms with Crippen molar-refractivity contribution < 1.29 is 0 Å². The maximum atomic E-state index is 8.81. The molecule has 2 heterocycles. The molecule has 0 unspecified atom stereocenters. The van der Waals surface area contributed by atoms with Gasteiger partial charge < -0.3 is 5.73 Å². The van der Waals surface area contributed by atoms with Gasteiger partial charge in [0.1, 0.15) is 11.8 Å². The number of nitrogens with two attached hydrogens (primary N) is 1. The lowest BCUT2D eigenvalue weighted by molar-refractivity contribution is 1.24. The van der Waals surface area contributed by atoms with Gasteiger partial charge in [0.15, 0.2) is 0 Å². The maximum Gasteiger partial charge on any atom is 0.113 e. The van der Waals surface area contributed by atoms with Gasteiger partial charge in [0.25, 0.3) is 0 Å². The molecule has 0 fully saturated rings. The second kappa shape index (κ2) is 3.76. The fraction of sp³-hybridized carbons (Fsp3) is 0. The summed E-state index contributed by atoms with van der Waals surface area (Å²) in [6.07, 6.45) is 3.22. The van der Waals surface area contributed by atoms with Gasteiger partial charge in [-0.15, -0.1) is 0 Å². The molecule has 15 heavy (non-hydrogen) atoms. The molecule has 2 rings (SSSR count). The molecule has 2 aromatic rings. The summed E-state index contributed by atoms with van der Waals surface area (Å²) in [6, 6.07) is 9.07. The van der Waals surface area contributed by atoms with E-state index in [-0.39, 0.29) is 0 Å². The third kappa shape index (κ3) is 1.63. The second-order valence-electron chi connectivity index (χ2n) is 2.95. The van der Waals surface area contributed by atoms with Crippen LogP contribution in [0, 0.1) is 11.3 Å². The number of nitrogen functional groups attached to an aromatic ring is 1. The number of pyridine rings is 2. The zero-order chi connectivity index (χ0) is 10.7. The van der Waals surface area contributed by atoms with Crippen LogP contribution in [0.2, 0.25) is 0 Å². The molecule has 0 radical (unpaired) electrons. The third-order valence-corrected chi connectivity index (χ3v) is 2.02. The van der Waals surface area contributed by atoms with Crippen molar-refractivity contribution in [3.05, 3.63) is 42.2 Å². The van der Waals surface area contributed by atoms with Crippen LogP contribution in [0.4, 0.5) is 5.69 Å². The van der Waals surface area contributed by atoms with Crippen molar-refractivity contribution in [3.63, 3.8) is 0 Å². The van der Waals surface area contributed by atoms with Gasteiger partial charge in [-0.2, -0.15) is 5.26 Å². The van der Waals surface area contributed by atoms with E-state index in [9.17, 15) is 0 Å². The van der Waals surface area contributed by atoms with E-state index in [0.717, 1.165) is 0 Å². The van der Waals surface area contributed by atoms with E-state index >= 15 is 0 Å². The molecule has 0 saturated carbocycles. The van der Waals surface area contributed by atoms with Crippen molar-refractivity contribution in [2.45, 2.75) is 0 Å². The van der Waals surface area contributed by atoms with Gasteiger partial charge in [-0.3, -0.25) is 9.97 Å². The Bertz CT molecular complexity index is 514. The molecule has 0 saturated heterocycles. The molecule has 0 atom stereocenters. The first-order valence-electron chi connectivity index (χ1n) is 4.39. The molecular formula is C11H8N4. The molecule has 4 heteroatoms. The quantitative estimate of drug-likeness (QED) is 0.751. The third-order valence-electron chi connectivity index (χ3n) is 2.02. The molecule has 4 nitrogen and oxygen atoms in total. The van der Waals surface area contributed by atoms with Crippen LogP contribution in [0.1, 0.15) is 5.56 Å². The van der Waals surface area contributed by atoms with Crippen molar-refractivity contribution in [2.24, 2.45) is 0 Å². The highest BCUT2D eigenvalue weighted by atomic mass is 14.8. The fourth-order valence-corrected chi connectivity index (χ4v) is 1.28. The summed E-state index contributed by atoms with van der Waals surface area (Å²) < 4.78 is 0. The van der Waals surface area contributed by atoms with Gasteiger partial charge in [-0.25, -0.2) is 0 Å². The molecule has 0 aliphatic rings. The zero-order valence-corrected chi connectivity index (χ0v) is 7.88. The van der Waals surface area contributed by atoms with Crippen molar-refractivity contribution >= 4 is 5.69 Å². The van der Waals surface area contributed by atoms with Crippen LogP contribution in [0.3, 0.4) is 0 Å². The monoisotopic (exact) mass is 196 g/mol. The standard InChI is InChI=1S/C11H8N4/c12-7-8-4-6-15-11(10(8)13)9-3-1-2-5-14-9/h1-6H,13H2. The Labute approximate surface area is 87.0 Å². The minimum absolute atomic E-state index is 0.374. The lowest BCUT2D eigenvalue weighted by atomic mass is 10.1. The Hall–Kier alpha value is -2.41. The summed E-state index contributed by atoms with van der Waals surface area (Å²) in [5.74, 6) is 0. The largest absolute Gasteiger partial charge is 0.396 e. The second-order valence-corrected chi connectivity index (χ2v) is 2.95. The van der Waals surface area contributed by atoms with Crippen molar-refractivity contribution in [2.75, 3.05) is 5.73 Å². The molecule has 72 valence electrons. The number of aromatic nitrogens is 2. The summed E-state index contributed by atoms with van der Waals surface area (Å²) in [7, 11) is 0. The first-order chi connectivity index (χ1) is 7.33. The van der Waals surface area contributed by atoms with Gasteiger partial charge in [0.05, 0.1) is 16.9 Å². The van der Waals surface area contributed by atoms with Crippen molar-refractivity contribution in [3.8, 4) is 17.5 Å². The molecule has 0 aromatic carbocycles. The molecule has 0 amide bonds. The predicted molar refractivity (Wildman–Crippen MR) is 56.6 cm³/mol. The normalized spacial score (nSPS) is 9.53. The van der Waals surface area contributed by atoms with E-state index in [1.807, 2.05) is 18.2 Å². The van der Waals surface area contributed by atoms with Crippen LogP contribution in [0.25, 0.3) is 11.4 Å². The average Bonchev–Trinajstić information content (AvgIpc) is 2.30. The molecule has 0 aliphatic carbocycles. The van der Waals surface area contributed by atoms with Crippen LogP contribution in [0.15, 0.2) is 36.7 Å². The van der Waals surface area contributed by atoms with E-state index in [1.165, 1.54) is 0 Å². The molecule has 0 spiro atoms. The summed E-state index contributed by atoms with van der Waals surface area (Å²) in [4.78, 5) is 8.25. The van der Waals surface area contributed by atoms with Gasteiger partial charge in [-0.05, 0) is 18.2 Å². The van der Waals surface area contributed by atoms with E-state index in [4.69, 9.17) is 11.0 Å². The van der Waals surface area contributed by atoms with Gasteiger partial charge in [-0.1, -0.05) is 6.07 Å². The number of anilines is 1. The lowest BCUT2D eigenvalue weighted by Crippen LogP contribution is -1.97. The van der Waals surface area contributed by atoms with Crippen LogP contribution in [-0.2, 0) is 0 Å². The molecule has 2 aromatic heterocycles. The summed E-state index contributed by atoms with van der Waals surface area (Å²) in [5, 5.41) is 8.81. The number of hydrogen-bond donors (Lipinski definition) is 1. The van der Waals surface area contributed by atoms with Gasteiger partial charge in [0.2, 0.25) is 0 Å². The molecule has 2 N–H and O–H groups in total. The van der Waals surface area contributed by atoms with Crippen LogP contribution in [-0.4, -0.2) is 9.97 Å². The molecular weight excluding hydrogens is 188 g/mol. The highest BCUT2D eigenvalue weighted by Crippen LogP contribution is 2.23. The minimum atomic E-state index is 0.374. The number of nitrogens with zero attached hydrogens (tertiary/aromatic N) is 3. The Kier molecular flexibility index (Phi) is 2.30. The lowest BCUT2D eigenvalue weighted by Gasteiger charge is -2.04. The number of nitriles is 1. The zero-order valence-electron chi connectivity index (χ0n) is 7.88. The van der Waals surface area contributed by atoms with Crippen molar-refractivity contribution in [1.29, 1.82) is 5.26 Å². The van der Waals surface area contributed by atoms with E-state index in [0.29, 0.717) is 22.6 Å². The van der Waals surface area contributed by atoms with Crippen molar-refractivity contribution in [1.82, 2.24) is 9.97 Å². The van der Waals surface area contributed by atoms with E-state index in [2.05, 4.69) is 9.97 Å². The first-order valence-corrected chi connectivity index (χ1v) is 4.39. The first kappa shape index (κ1) is 9.16. The Morgan fingerprint density at radius 1 is 1.13 bits per heavy atom. The van der Waals surface area contributed by atoms with Crippen LogP contribution < -0.4 is 5.73 Å². The smallest absolute Gasteiger partial charge is 0.113 e. The molecule has 0 bridgehead atoms. The SMILES string of the molecule is N#Cc1ccnc(-c2ccccn2)c1N. The maximum absolute atomic E-state index is 8.81. The highest BCUT2D eigenvalue weighted by molar-refractivity contribution is 5.74. The van der Waals surface area contributed by atoms with E-state index in [1.54, 1.807) is 24.5 Å². The fourth-order valence-electron chi connectivity index (χ4n) is 1.28. The summed E-state index contributed by atoms with van der Waals surface area (Å²) >= 11 is 0. The van der Waals surface area contributed by atoms with Crippen LogP contribution in [0.5, 0.6) is 0 Å². The topological polar surface area (TPSA) is 75.6 Å². The summed E-state index contributed by atoms with van der Waals surface area (Å²) in [6.45, 7) is 0. The molecule has 0 aliphatic heterocycles. The predicted octanol–water partition coefficient (Wildman–Crippen LogP) is 1.60. The van der Waals surface area contributed by atoms with Crippen LogP contribution >= 0.6 is 0 Å². The Morgan fingerprint density at radius 3 is 2.67 bits per heavy atom. The van der Waals surface area contributed by atoms with Gasteiger partial charge >= 0.3 is 0 Å². The van der Waals surface area contributed by atoms with Gasteiger partial charge in [0, 0.05) is 12.4 Å². The van der Waals surface area contributed by atoms with E-state index < -0.39 is 0 Å². The summed E-state index contributed by atoms with van der Waals surface area (Å²) in [5.41, 5.74) is 7.82.